The standard InChI is InChI=1S/C9H13N5O/c1-4-5-11-9(10-3)12-6-8-13-7(2)15-14-8/h1H,5-6H2,2-3H3,(H2,10,11,12). The van der Waals surface area contributed by atoms with Crippen molar-refractivity contribution in [2.45, 2.75) is 13.5 Å². The van der Waals surface area contributed by atoms with Crippen LogP contribution in [-0.2, 0) is 6.54 Å². The highest BCUT2D eigenvalue weighted by Gasteiger charge is 2.02. The lowest BCUT2D eigenvalue weighted by molar-refractivity contribution is 0.387. The summed E-state index contributed by atoms with van der Waals surface area (Å²) in [5, 5.41) is 9.64. The Morgan fingerprint density at radius 1 is 1.60 bits per heavy atom. The molecule has 0 aliphatic carbocycles. The number of guanidine groups is 1. The summed E-state index contributed by atoms with van der Waals surface area (Å²) >= 11 is 0. The first kappa shape index (κ1) is 11.0. The monoisotopic (exact) mass is 207 g/mol. The minimum absolute atomic E-state index is 0.422. The van der Waals surface area contributed by atoms with Crippen LogP contribution >= 0.6 is 0 Å². The number of hydrogen-bond acceptors (Lipinski definition) is 4. The fourth-order valence-electron chi connectivity index (χ4n) is 0.931. The van der Waals surface area contributed by atoms with E-state index in [0.717, 1.165) is 0 Å². The minimum Gasteiger partial charge on any atom is -0.349 e. The largest absolute Gasteiger partial charge is 0.349 e. The molecule has 0 aromatic carbocycles. The zero-order valence-electron chi connectivity index (χ0n) is 8.74. The highest BCUT2D eigenvalue weighted by molar-refractivity contribution is 5.79. The van der Waals surface area contributed by atoms with Crippen molar-refractivity contribution >= 4 is 5.96 Å². The Bertz CT molecular complexity index is 376. The SMILES string of the molecule is C#CCNC(=NC)NCc1noc(C)n1. The van der Waals surface area contributed by atoms with Crippen LogP contribution < -0.4 is 10.6 Å². The second-order valence-electron chi connectivity index (χ2n) is 2.71. The van der Waals surface area contributed by atoms with Gasteiger partial charge in [-0.1, -0.05) is 11.1 Å². The maximum Gasteiger partial charge on any atom is 0.223 e. The van der Waals surface area contributed by atoms with E-state index in [1.165, 1.54) is 0 Å². The van der Waals surface area contributed by atoms with Crippen molar-refractivity contribution in [2.75, 3.05) is 13.6 Å². The fraction of sp³-hybridized carbons (Fsp3) is 0.444. The molecular weight excluding hydrogens is 194 g/mol. The summed E-state index contributed by atoms with van der Waals surface area (Å²) in [7, 11) is 1.66. The normalized spacial score (nSPS) is 10.9. The van der Waals surface area contributed by atoms with Crippen LogP contribution in [0, 0.1) is 19.3 Å². The molecular formula is C9H13N5O. The van der Waals surface area contributed by atoms with Crippen molar-refractivity contribution in [3.8, 4) is 12.3 Å². The average Bonchev–Trinajstić information content (AvgIpc) is 2.65. The zero-order chi connectivity index (χ0) is 11.1. The van der Waals surface area contributed by atoms with Gasteiger partial charge in [0.1, 0.15) is 0 Å². The van der Waals surface area contributed by atoms with Crippen LogP contribution in [0.4, 0.5) is 0 Å². The third-order valence-corrected chi connectivity index (χ3v) is 1.57. The van der Waals surface area contributed by atoms with E-state index in [1.54, 1.807) is 14.0 Å². The number of nitrogens with zero attached hydrogens (tertiary/aromatic N) is 3. The Balaban J connectivity index is 2.38. The van der Waals surface area contributed by atoms with Crippen molar-refractivity contribution in [2.24, 2.45) is 4.99 Å². The van der Waals surface area contributed by atoms with Crippen LogP contribution in [0.15, 0.2) is 9.52 Å². The third-order valence-electron chi connectivity index (χ3n) is 1.57. The summed E-state index contributed by atoms with van der Waals surface area (Å²) in [5.41, 5.74) is 0. The van der Waals surface area contributed by atoms with Gasteiger partial charge in [-0.3, -0.25) is 4.99 Å². The number of hydrogen-bond donors (Lipinski definition) is 2. The number of aliphatic imine (C=N–C) groups is 1. The van der Waals surface area contributed by atoms with Crippen LogP contribution in [0.2, 0.25) is 0 Å². The van der Waals surface area contributed by atoms with Crippen LogP contribution in [-0.4, -0.2) is 29.7 Å². The van der Waals surface area contributed by atoms with Gasteiger partial charge < -0.3 is 15.2 Å². The second kappa shape index (κ2) is 5.65. The van der Waals surface area contributed by atoms with Gasteiger partial charge in [0.2, 0.25) is 5.89 Å². The minimum atomic E-state index is 0.422. The van der Waals surface area contributed by atoms with Crippen molar-refractivity contribution < 1.29 is 4.52 Å². The predicted molar refractivity (Wildman–Crippen MR) is 56.1 cm³/mol. The van der Waals surface area contributed by atoms with Gasteiger partial charge in [0.15, 0.2) is 11.8 Å². The first-order valence-corrected chi connectivity index (χ1v) is 4.43. The van der Waals surface area contributed by atoms with Gasteiger partial charge in [-0.25, -0.2) is 0 Å². The number of aromatic nitrogens is 2. The van der Waals surface area contributed by atoms with Crippen LogP contribution in [0.25, 0.3) is 0 Å². The molecule has 0 unspecified atom stereocenters. The Morgan fingerprint density at radius 2 is 2.40 bits per heavy atom. The summed E-state index contributed by atoms with van der Waals surface area (Å²) in [6, 6.07) is 0. The maximum atomic E-state index is 5.11. The molecule has 0 saturated carbocycles. The lowest BCUT2D eigenvalue weighted by Crippen LogP contribution is -2.37. The van der Waals surface area contributed by atoms with Gasteiger partial charge in [0, 0.05) is 14.0 Å². The molecule has 6 heteroatoms. The average molecular weight is 207 g/mol. The molecule has 2 N–H and O–H groups in total. The van der Waals surface area contributed by atoms with E-state index in [2.05, 4.69) is 31.7 Å². The molecule has 0 amide bonds. The van der Waals surface area contributed by atoms with E-state index in [9.17, 15) is 0 Å². The molecule has 80 valence electrons. The first-order chi connectivity index (χ1) is 7.26. The van der Waals surface area contributed by atoms with Crippen molar-refractivity contribution in [3.63, 3.8) is 0 Å². The Hall–Kier alpha value is -2.03. The zero-order valence-corrected chi connectivity index (χ0v) is 8.74. The maximum absolute atomic E-state index is 5.11. The molecule has 0 spiro atoms. The van der Waals surface area contributed by atoms with Gasteiger partial charge in [-0.05, 0) is 0 Å². The molecule has 1 heterocycles. The molecule has 0 aliphatic heterocycles. The van der Waals surface area contributed by atoms with E-state index in [1.807, 2.05) is 0 Å². The smallest absolute Gasteiger partial charge is 0.223 e. The Kier molecular flexibility index (Phi) is 4.16. The van der Waals surface area contributed by atoms with Crippen LogP contribution in [0.1, 0.15) is 11.7 Å². The van der Waals surface area contributed by atoms with E-state index >= 15 is 0 Å². The Labute approximate surface area is 88.2 Å². The summed E-state index contributed by atoms with van der Waals surface area (Å²) < 4.78 is 4.82. The lowest BCUT2D eigenvalue weighted by atomic mass is 10.6. The molecule has 1 aromatic rings. The number of rotatable bonds is 3. The number of terminal acetylenes is 1. The van der Waals surface area contributed by atoms with E-state index in [4.69, 9.17) is 10.9 Å². The Morgan fingerprint density at radius 3 is 2.93 bits per heavy atom. The van der Waals surface area contributed by atoms with Gasteiger partial charge in [-0.15, -0.1) is 6.42 Å². The van der Waals surface area contributed by atoms with E-state index < -0.39 is 0 Å². The molecule has 0 bridgehead atoms. The van der Waals surface area contributed by atoms with Gasteiger partial charge in [0.25, 0.3) is 0 Å². The van der Waals surface area contributed by atoms with Crippen molar-refractivity contribution in [1.29, 1.82) is 0 Å². The number of aryl methyl sites for hydroxylation is 1. The van der Waals surface area contributed by atoms with Crippen LogP contribution in [0.5, 0.6) is 0 Å². The van der Waals surface area contributed by atoms with Crippen molar-refractivity contribution in [3.05, 3.63) is 11.7 Å². The molecule has 0 saturated heterocycles. The van der Waals surface area contributed by atoms with Gasteiger partial charge in [0.05, 0.1) is 13.1 Å². The molecule has 0 atom stereocenters. The quantitative estimate of drug-likeness (QED) is 0.403. The highest BCUT2D eigenvalue weighted by Crippen LogP contribution is 1.93. The van der Waals surface area contributed by atoms with Crippen molar-refractivity contribution in [1.82, 2.24) is 20.8 Å². The molecule has 0 fully saturated rings. The summed E-state index contributed by atoms with van der Waals surface area (Å²) in [5.74, 6) is 4.18. The molecule has 0 aliphatic rings. The fourth-order valence-corrected chi connectivity index (χ4v) is 0.931. The van der Waals surface area contributed by atoms with Crippen LogP contribution in [0.3, 0.4) is 0 Å². The molecule has 15 heavy (non-hydrogen) atoms. The summed E-state index contributed by atoms with van der Waals surface area (Å²) in [4.78, 5) is 7.99. The van der Waals surface area contributed by atoms with E-state index in [0.29, 0.717) is 30.8 Å². The first-order valence-electron chi connectivity index (χ1n) is 4.43. The second-order valence-corrected chi connectivity index (χ2v) is 2.71. The van der Waals surface area contributed by atoms with Gasteiger partial charge >= 0.3 is 0 Å². The molecule has 6 nitrogen and oxygen atoms in total. The molecule has 0 radical (unpaired) electrons. The lowest BCUT2D eigenvalue weighted by Gasteiger charge is -2.06. The topological polar surface area (TPSA) is 75.3 Å². The molecule has 1 aromatic heterocycles. The predicted octanol–water partition coefficient (Wildman–Crippen LogP) is -0.324. The number of nitrogens with one attached hydrogen (secondary N) is 2. The van der Waals surface area contributed by atoms with E-state index in [-0.39, 0.29) is 0 Å². The summed E-state index contributed by atoms with van der Waals surface area (Å²) in [6.07, 6.45) is 5.11. The summed E-state index contributed by atoms with van der Waals surface area (Å²) in [6.45, 7) is 2.61. The third kappa shape index (κ3) is 3.68. The molecule has 1 rings (SSSR count). The van der Waals surface area contributed by atoms with Gasteiger partial charge in [-0.2, -0.15) is 4.98 Å². The highest BCUT2D eigenvalue weighted by atomic mass is 16.5.